The molecule has 112 valence electrons. The normalized spacial score (nSPS) is 17.9. The summed E-state index contributed by atoms with van der Waals surface area (Å²) in [5.41, 5.74) is 8.23. The van der Waals surface area contributed by atoms with Gasteiger partial charge in [0.15, 0.2) is 0 Å². The van der Waals surface area contributed by atoms with E-state index in [0.717, 1.165) is 6.42 Å². The van der Waals surface area contributed by atoms with Gasteiger partial charge in [-0.15, -0.1) is 11.3 Å². The lowest BCUT2D eigenvalue weighted by molar-refractivity contribution is 0.0533. The van der Waals surface area contributed by atoms with Crippen LogP contribution in [-0.2, 0) is 16.6 Å². The second-order valence-corrected chi connectivity index (χ2v) is 6.87. The lowest BCUT2D eigenvalue weighted by Gasteiger charge is -2.33. The predicted molar refractivity (Wildman–Crippen MR) is 84.5 cm³/mol. The molecule has 20 heavy (non-hydrogen) atoms. The van der Waals surface area contributed by atoms with Crippen LogP contribution >= 0.6 is 11.3 Å². The first-order valence-corrected chi connectivity index (χ1v) is 8.44. The Labute approximate surface area is 125 Å². The highest BCUT2D eigenvalue weighted by Gasteiger charge is 2.35. The lowest BCUT2D eigenvalue weighted by atomic mass is 9.73. The van der Waals surface area contributed by atoms with Crippen LogP contribution in [0, 0.1) is 0 Å². The van der Waals surface area contributed by atoms with Crippen molar-refractivity contribution in [2.75, 3.05) is 12.3 Å². The smallest absolute Gasteiger partial charge is 0.350 e. The summed E-state index contributed by atoms with van der Waals surface area (Å²) < 4.78 is 5.13. The minimum absolute atomic E-state index is 0.188. The first kappa shape index (κ1) is 15.4. The molecule has 1 aliphatic rings. The summed E-state index contributed by atoms with van der Waals surface area (Å²) in [5.74, 6) is -0.268. The maximum atomic E-state index is 12.0. The summed E-state index contributed by atoms with van der Waals surface area (Å²) in [6.07, 6.45) is 7.14. The molecule has 1 aromatic heterocycles. The molecule has 1 saturated carbocycles. The van der Waals surface area contributed by atoms with Gasteiger partial charge >= 0.3 is 5.97 Å². The molecule has 3 nitrogen and oxygen atoms in total. The quantitative estimate of drug-likeness (QED) is 0.843. The Morgan fingerprint density at radius 2 is 1.95 bits per heavy atom. The van der Waals surface area contributed by atoms with Crippen LogP contribution in [0.5, 0.6) is 0 Å². The molecular formula is C16H25NO2S. The minimum Gasteiger partial charge on any atom is -0.462 e. The first-order chi connectivity index (χ1) is 9.53. The van der Waals surface area contributed by atoms with E-state index in [0.29, 0.717) is 17.2 Å². The number of hydrogen-bond donors (Lipinski definition) is 1. The number of nitrogens with two attached hydrogens (primary N) is 1. The third kappa shape index (κ3) is 2.71. The molecule has 1 aromatic rings. The average Bonchev–Trinajstić information content (AvgIpc) is 2.77. The van der Waals surface area contributed by atoms with E-state index >= 15 is 0 Å². The van der Waals surface area contributed by atoms with Crippen LogP contribution < -0.4 is 5.73 Å². The maximum absolute atomic E-state index is 12.0. The predicted octanol–water partition coefficient (Wildman–Crippen LogP) is 4.29. The standard InChI is InChI=1S/C16H25NO2S/c1-4-11-12(17)13(15(18)19-5-2)20-14(11)16(3)9-7-6-8-10-16/h4-10,17H2,1-3H3. The van der Waals surface area contributed by atoms with E-state index in [2.05, 4.69) is 13.8 Å². The summed E-state index contributed by atoms with van der Waals surface area (Å²) in [6, 6.07) is 0. The van der Waals surface area contributed by atoms with Gasteiger partial charge < -0.3 is 10.5 Å². The Morgan fingerprint density at radius 1 is 1.30 bits per heavy atom. The van der Waals surface area contributed by atoms with Gasteiger partial charge in [0.1, 0.15) is 4.88 Å². The lowest BCUT2D eigenvalue weighted by Crippen LogP contribution is -2.25. The molecule has 0 radical (unpaired) electrons. The molecule has 1 aliphatic carbocycles. The monoisotopic (exact) mass is 295 g/mol. The summed E-state index contributed by atoms with van der Waals surface area (Å²) in [7, 11) is 0. The number of anilines is 1. The molecule has 2 rings (SSSR count). The zero-order valence-electron chi connectivity index (χ0n) is 12.8. The van der Waals surface area contributed by atoms with Gasteiger partial charge in [0.05, 0.1) is 12.3 Å². The van der Waals surface area contributed by atoms with E-state index in [-0.39, 0.29) is 11.4 Å². The van der Waals surface area contributed by atoms with Crippen molar-refractivity contribution >= 4 is 23.0 Å². The summed E-state index contributed by atoms with van der Waals surface area (Å²) in [5, 5.41) is 0. The fourth-order valence-corrected chi connectivity index (χ4v) is 4.63. The number of carbonyl (C=O) groups excluding carboxylic acids is 1. The number of hydrogen-bond acceptors (Lipinski definition) is 4. The van der Waals surface area contributed by atoms with Gasteiger partial charge in [-0.25, -0.2) is 4.79 Å². The Balaban J connectivity index is 2.42. The molecule has 0 amide bonds. The molecule has 0 aromatic carbocycles. The second kappa shape index (κ2) is 6.17. The van der Waals surface area contributed by atoms with E-state index in [1.807, 2.05) is 6.92 Å². The Hall–Kier alpha value is -1.03. The van der Waals surface area contributed by atoms with Gasteiger partial charge in [-0.3, -0.25) is 0 Å². The first-order valence-electron chi connectivity index (χ1n) is 7.62. The van der Waals surface area contributed by atoms with Crippen molar-refractivity contribution in [1.82, 2.24) is 0 Å². The van der Waals surface area contributed by atoms with Crippen molar-refractivity contribution in [2.45, 2.75) is 64.7 Å². The zero-order chi connectivity index (χ0) is 14.8. The topological polar surface area (TPSA) is 52.3 Å². The third-order valence-electron chi connectivity index (χ3n) is 4.37. The molecule has 0 unspecified atom stereocenters. The summed E-state index contributed by atoms with van der Waals surface area (Å²) >= 11 is 1.56. The van der Waals surface area contributed by atoms with Crippen molar-refractivity contribution in [3.63, 3.8) is 0 Å². The van der Waals surface area contributed by atoms with Crippen LogP contribution in [0.2, 0.25) is 0 Å². The molecule has 0 aliphatic heterocycles. The van der Waals surface area contributed by atoms with Gasteiger partial charge in [0.2, 0.25) is 0 Å². The van der Waals surface area contributed by atoms with Gasteiger partial charge in [-0.05, 0) is 31.7 Å². The summed E-state index contributed by atoms with van der Waals surface area (Å²) in [4.78, 5) is 14.0. The van der Waals surface area contributed by atoms with Crippen LogP contribution in [0.4, 0.5) is 5.69 Å². The highest BCUT2D eigenvalue weighted by Crippen LogP contribution is 2.46. The summed E-state index contributed by atoms with van der Waals surface area (Å²) in [6.45, 7) is 6.66. The molecule has 0 bridgehead atoms. The van der Waals surface area contributed by atoms with Crippen LogP contribution in [0.3, 0.4) is 0 Å². The van der Waals surface area contributed by atoms with E-state index in [9.17, 15) is 4.79 Å². The molecule has 4 heteroatoms. The Kier molecular flexibility index (Phi) is 4.74. The van der Waals surface area contributed by atoms with Crippen LogP contribution in [-0.4, -0.2) is 12.6 Å². The largest absolute Gasteiger partial charge is 0.462 e. The molecule has 0 spiro atoms. The van der Waals surface area contributed by atoms with Crippen LogP contribution in [0.1, 0.15) is 73.0 Å². The third-order valence-corrected chi connectivity index (χ3v) is 5.90. The highest BCUT2D eigenvalue weighted by atomic mass is 32.1. The van der Waals surface area contributed by atoms with Crippen molar-refractivity contribution in [1.29, 1.82) is 0 Å². The van der Waals surface area contributed by atoms with Gasteiger partial charge in [-0.1, -0.05) is 33.1 Å². The van der Waals surface area contributed by atoms with Crippen molar-refractivity contribution < 1.29 is 9.53 Å². The molecule has 1 heterocycles. The van der Waals surface area contributed by atoms with Crippen LogP contribution in [0.25, 0.3) is 0 Å². The molecule has 1 fully saturated rings. The SMILES string of the molecule is CCOC(=O)c1sc(C2(C)CCCCC2)c(CC)c1N. The molecule has 2 N–H and O–H groups in total. The van der Waals surface area contributed by atoms with E-state index in [1.54, 1.807) is 11.3 Å². The van der Waals surface area contributed by atoms with E-state index < -0.39 is 0 Å². The van der Waals surface area contributed by atoms with Gasteiger partial charge in [0.25, 0.3) is 0 Å². The van der Waals surface area contributed by atoms with E-state index in [1.165, 1.54) is 42.5 Å². The van der Waals surface area contributed by atoms with Gasteiger partial charge in [-0.2, -0.15) is 0 Å². The number of carbonyl (C=O) groups is 1. The number of rotatable bonds is 4. The fraction of sp³-hybridized carbons (Fsp3) is 0.688. The number of thiophene rings is 1. The fourth-order valence-electron chi connectivity index (χ4n) is 3.22. The zero-order valence-corrected chi connectivity index (χ0v) is 13.6. The van der Waals surface area contributed by atoms with Crippen molar-refractivity contribution in [3.05, 3.63) is 15.3 Å². The van der Waals surface area contributed by atoms with Crippen LogP contribution in [0.15, 0.2) is 0 Å². The van der Waals surface area contributed by atoms with Crippen molar-refractivity contribution in [3.8, 4) is 0 Å². The van der Waals surface area contributed by atoms with E-state index in [4.69, 9.17) is 10.5 Å². The Bertz CT molecular complexity index is 487. The molecule has 0 saturated heterocycles. The van der Waals surface area contributed by atoms with Gasteiger partial charge in [0, 0.05) is 10.3 Å². The number of ether oxygens (including phenoxy) is 1. The average molecular weight is 295 g/mol. The molecule has 0 atom stereocenters. The number of esters is 1. The second-order valence-electron chi connectivity index (χ2n) is 5.85. The van der Waals surface area contributed by atoms with Crippen molar-refractivity contribution in [2.24, 2.45) is 0 Å². The number of nitrogen functional groups attached to an aromatic ring is 1. The highest BCUT2D eigenvalue weighted by molar-refractivity contribution is 7.15. The molecular weight excluding hydrogens is 270 g/mol. The maximum Gasteiger partial charge on any atom is 0.350 e. The minimum atomic E-state index is -0.268. The Morgan fingerprint density at radius 3 is 2.50 bits per heavy atom.